The average Bonchev–Trinajstić information content (AvgIpc) is 2.91. The van der Waals surface area contributed by atoms with Crippen molar-refractivity contribution in [3.05, 3.63) is 64.7 Å². The van der Waals surface area contributed by atoms with Gasteiger partial charge >= 0.3 is 5.97 Å². The topological polar surface area (TPSA) is 52.3 Å². The van der Waals surface area contributed by atoms with Gasteiger partial charge in [-0.05, 0) is 25.1 Å². The molecule has 0 bridgehead atoms. The summed E-state index contributed by atoms with van der Waals surface area (Å²) in [5.74, 6) is 0.0909. The van der Waals surface area contributed by atoms with Crippen molar-refractivity contribution in [1.29, 1.82) is 0 Å². The van der Waals surface area contributed by atoms with Gasteiger partial charge in [0.15, 0.2) is 0 Å². The first kappa shape index (κ1) is 13.6. The summed E-state index contributed by atoms with van der Waals surface area (Å²) in [7, 11) is 0. The van der Waals surface area contributed by atoms with Gasteiger partial charge in [0.2, 0.25) is 0 Å². The predicted octanol–water partition coefficient (Wildman–Crippen LogP) is 4.15. The van der Waals surface area contributed by atoms with Crippen molar-refractivity contribution in [2.24, 2.45) is 0 Å². The number of hydrogen-bond donors (Lipinski definition) is 0. The molecule has 3 aromatic rings. The van der Waals surface area contributed by atoms with Crippen molar-refractivity contribution in [2.75, 3.05) is 0 Å². The lowest BCUT2D eigenvalue weighted by molar-refractivity contribution is 0.0470. The number of halogens is 1. The summed E-state index contributed by atoms with van der Waals surface area (Å²) in [6, 6.07) is 11.1. The fourth-order valence-electron chi connectivity index (χ4n) is 2.06. The van der Waals surface area contributed by atoms with Crippen molar-refractivity contribution in [3.8, 4) is 0 Å². The van der Waals surface area contributed by atoms with Crippen LogP contribution in [0.4, 0.5) is 0 Å². The molecular weight excluding hydrogens is 290 g/mol. The van der Waals surface area contributed by atoms with E-state index in [1.54, 1.807) is 13.0 Å². The number of hydrogen-bond acceptors (Lipinski definition) is 4. The first-order valence-corrected chi connectivity index (χ1v) is 6.78. The molecule has 1 aromatic carbocycles. The van der Waals surface area contributed by atoms with Crippen molar-refractivity contribution in [2.45, 2.75) is 13.5 Å². The molecule has 0 amide bonds. The Hall–Kier alpha value is -2.33. The van der Waals surface area contributed by atoms with E-state index < -0.39 is 5.97 Å². The number of aromatic nitrogens is 1. The molecule has 0 atom stereocenters. The molecule has 0 fully saturated rings. The zero-order chi connectivity index (χ0) is 14.8. The molecule has 0 aliphatic heterocycles. The minimum absolute atomic E-state index is 0.0696. The highest BCUT2D eigenvalue weighted by molar-refractivity contribution is 6.30. The molecule has 3 rings (SSSR count). The Balaban J connectivity index is 1.80. The Bertz CT molecular complexity index is 810. The lowest BCUT2D eigenvalue weighted by Gasteiger charge is -2.07. The molecule has 2 aromatic heterocycles. The maximum Gasteiger partial charge on any atom is 0.342 e. The fraction of sp³-hybridized carbons (Fsp3) is 0.125. The largest absolute Gasteiger partial charge is 0.469 e. The maximum atomic E-state index is 11.9. The van der Waals surface area contributed by atoms with Gasteiger partial charge in [0.05, 0.1) is 11.8 Å². The molecular formula is C16H12ClNO3. The molecule has 0 aliphatic rings. The molecule has 0 spiro atoms. The quantitative estimate of drug-likeness (QED) is 0.539. The van der Waals surface area contributed by atoms with Crippen molar-refractivity contribution in [1.82, 2.24) is 4.98 Å². The van der Waals surface area contributed by atoms with Crippen molar-refractivity contribution < 1.29 is 13.9 Å². The summed E-state index contributed by atoms with van der Waals surface area (Å²) in [6.45, 7) is 1.78. The van der Waals surface area contributed by atoms with E-state index in [1.807, 2.05) is 30.3 Å². The van der Waals surface area contributed by atoms with Crippen LogP contribution in [0.3, 0.4) is 0 Å². The van der Waals surface area contributed by atoms with Crippen molar-refractivity contribution in [3.63, 3.8) is 0 Å². The average molecular weight is 302 g/mol. The molecule has 0 aliphatic carbocycles. The first-order chi connectivity index (χ1) is 10.1. The lowest BCUT2D eigenvalue weighted by Crippen LogP contribution is -2.06. The zero-order valence-corrected chi connectivity index (χ0v) is 12.1. The van der Waals surface area contributed by atoms with Gasteiger partial charge in [-0.15, -0.1) is 0 Å². The number of furan rings is 1. The minimum atomic E-state index is -0.439. The number of ether oxygens (including phenoxy) is 1. The molecule has 5 heteroatoms. The Morgan fingerprint density at radius 1 is 1.33 bits per heavy atom. The van der Waals surface area contributed by atoms with E-state index in [-0.39, 0.29) is 6.61 Å². The van der Waals surface area contributed by atoms with Gasteiger partial charge in [-0.2, -0.15) is 0 Å². The van der Waals surface area contributed by atoms with Gasteiger partial charge in [0.1, 0.15) is 23.1 Å². The molecule has 2 heterocycles. The minimum Gasteiger partial charge on any atom is -0.469 e. The highest BCUT2D eigenvalue weighted by Gasteiger charge is 2.14. The fourth-order valence-corrected chi connectivity index (χ4v) is 2.26. The number of para-hydroxylation sites is 1. The second kappa shape index (κ2) is 5.58. The van der Waals surface area contributed by atoms with Crippen LogP contribution in [0.5, 0.6) is 0 Å². The molecule has 0 unspecified atom stereocenters. The van der Waals surface area contributed by atoms with Crippen molar-refractivity contribution >= 4 is 28.5 Å². The monoisotopic (exact) mass is 301 g/mol. The first-order valence-electron chi connectivity index (χ1n) is 6.40. The third-order valence-electron chi connectivity index (χ3n) is 3.19. The van der Waals surface area contributed by atoms with E-state index >= 15 is 0 Å². The maximum absolute atomic E-state index is 11.9. The zero-order valence-electron chi connectivity index (χ0n) is 11.3. The SMILES string of the molecule is Cc1occc1C(=O)OCc1cc2ccccc2nc1Cl. The number of rotatable bonds is 3. The van der Waals surface area contributed by atoms with E-state index in [0.717, 1.165) is 10.9 Å². The van der Waals surface area contributed by atoms with Gasteiger partial charge < -0.3 is 9.15 Å². The van der Waals surface area contributed by atoms with Crippen LogP contribution in [0.2, 0.25) is 5.15 Å². The van der Waals surface area contributed by atoms with Crippen LogP contribution >= 0.6 is 11.6 Å². The number of esters is 1. The number of aryl methyl sites for hydroxylation is 1. The Morgan fingerprint density at radius 3 is 2.90 bits per heavy atom. The third-order valence-corrected chi connectivity index (χ3v) is 3.51. The predicted molar refractivity (Wildman–Crippen MR) is 79.3 cm³/mol. The highest BCUT2D eigenvalue weighted by Crippen LogP contribution is 2.21. The summed E-state index contributed by atoms with van der Waals surface area (Å²) in [5, 5.41) is 1.29. The van der Waals surface area contributed by atoms with Crippen LogP contribution in [0.1, 0.15) is 21.7 Å². The molecule has 4 nitrogen and oxygen atoms in total. The Morgan fingerprint density at radius 2 is 2.14 bits per heavy atom. The number of carbonyl (C=O) groups excluding carboxylic acids is 1. The van der Waals surface area contributed by atoms with Crippen LogP contribution in [0.25, 0.3) is 10.9 Å². The number of benzene rings is 1. The van der Waals surface area contributed by atoms with Gasteiger partial charge in [-0.1, -0.05) is 29.8 Å². The van der Waals surface area contributed by atoms with E-state index in [1.165, 1.54) is 6.26 Å². The molecule has 0 radical (unpaired) electrons. The van der Waals surface area contributed by atoms with Crippen LogP contribution in [0, 0.1) is 6.92 Å². The van der Waals surface area contributed by atoms with E-state index in [4.69, 9.17) is 20.8 Å². The normalized spacial score (nSPS) is 10.8. The van der Waals surface area contributed by atoms with Crippen LogP contribution in [-0.2, 0) is 11.3 Å². The molecule has 0 saturated carbocycles. The molecule has 21 heavy (non-hydrogen) atoms. The second-order valence-corrected chi connectivity index (χ2v) is 4.96. The standard InChI is InChI=1S/C16H12ClNO3/c1-10-13(6-7-20-10)16(19)21-9-12-8-11-4-2-3-5-14(11)18-15(12)17/h2-8H,9H2,1H3. The highest BCUT2D eigenvalue weighted by atomic mass is 35.5. The van der Waals surface area contributed by atoms with Crippen LogP contribution < -0.4 is 0 Å². The number of carbonyl (C=O) groups is 1. The lowest BCUT2D eigenvalue weighted by atomic mass is 10.2. The summed E-state index contributed by atoms with van der Waals surface area (Å²) < 4.78 is 10.3. The van der Waals surface area contributed by atoms with E-state index in [0.29, 0.717) is 22.0 Å². The molecule has 0 saturated heterocycles. The van der Waals surface area contributed by atoms with E-state index in [9.17, 15) is 4.79 Å². The van der Waals surface area contributed by atoms with E-state index in [2.05, 4.69) is 4.98 Å². The summed E-state index contributed by atoms with van der Waals surface area (Å²) in [5.41, 5.74) is 1.90. The summed E-state index contributed by atoms with van der Waals surface area (Å²) >= 11 is 6.12. The van der Waals surface area contributed by atoms with Gasteiger partial charge in [-0.3, -0.25) is 0 Å². The van der Waals surface area contributed by atoms with Crippen LogP contribution in [-0.4, -0.2) is 11.0 Å². The summed E-state index contributed by atoms with van der Waals surface area (Å²) in [4.78, 5) is 16.2. The smallest absolute Gasteiger partial charge is 0.342 e. The molecule has 0 N–H and O–H groups in total. The molecule has 106 valence electrons. The van der Waals surface area contributed by atoms with Gasteiger partial charge in [0, 0.05) is 10.9 Å². The van der Waals surface area contributed by atoms with Gasteiger partial charge in [-0.25, -0.2) is 9.78 Å². The number of fused-ring (bicyclic) bond motifs is 1. The Labute approximate surface area is 126 Å². The summed E-state index contributed by atoms with van der Waals surface area (Å²) in [6.07, 6.45) is 1.45. The van der Waals surface area contributed by atoms with Crippen LogP contribution in [0.15, 0.2) is 47.1 Å². The third kappa shape index (κ3) is 2.76. The second-order valence-electron chi connectivity index (χ2n) is 4.60. The number of nitrogens with zero attached hydrogens (tertiary/aromatic N) is 1. The number of pyridine rings is 1. The van der Waals surface area contributed by atoms with Gasteiger partial charge in [0.25, 0.3) is 0 Å². The Kier molecular flexibility index (Phi) is 3.62.